The lowest BCUT2D eigenvalue weighted by molar-refractivity contribution is 0.486. The van der Waals surface area contributed by atoms with Gasteiger partial charge in [-0.1, -0.05) is 35.9 Å². The zero-order valence-corrected chi connectivity index (χ0v) is 11.6. The monoisotopic (exact) mass is 297 g/mol. The molecule has 0 bridgehead atoms. The number of hydrogen-bond acceptors (Lipinski definition) is 2. The van der Waals surface area contributed by atoms with Gasteiger partial charge >= 0.3 is 0 Å². The molecule has 3 rings (SSSR count). The molecule has 0 fully saturated rings. The summed E-state index contributed by atoms with van der Waals surface area (Å²) < 4.78 is 18.8. The fraction of sp³-hybridized carbons (Fsp3) is 0. The maximum atomic E-state index is 13.1. The van der Waals surface area contributed by atoms with Crippen LogP contribution in [0.15, 0.2) is 54.6 Å². The summed E-state index contributed by atoms with van der Waals surface area (Å²) in [4.78, 5) is 0. The first kappa shape index (κ1) is 13.4. The highest BCUT2D eigenvalue weighted by atomic mass is 35.5. The number of rotatable bonds is 2. The number of hydrogen-bond donors (Lipinski definition) is 0. The summed E-state index contributed by atoms with van der Waals surface area (Å²) in [6.45, 7) is 0. The topological polar surface area (TPSA) is 33.0 Å². The van der Waals surface area contributed by atoms with Crippen LogP contribution < -0.4 is 4.74 Å². The highest BCUT2D eigenvalue weighted by Gasteiger charge is 2.09. The summed E-state index contributed by atoms with van der Waals surface area (Å²) >= 11 is 5.97. The zero-order chi connectivity index (χ0) is 14.8. The molecule has 0 aliphatic carbocycles. The van der Waals surface area contributed by atoms with E-state index in [9.17, 15) is 4.39 Å². The minimum Gasteiger partial charge on any atom is -0.455 e. The van der Waals surface area contributed by atoms with Gasteiger partial charge in [-0.05, 0) is 30.3 Å². The van der Waals surface area contributed by atoms with Crippen LogP contribution >= 0.6 is 11.6 Å². The third kappa shape index (κ3) is 2.54. The van der Waals surface area contributed by atoms with Gasteiger partial charge in [0.1, 0.15) is 17.3 Å². The van der Waals surface area contributed by atoms with Gasteiger partial charge < -0.3 is 4.74 Å². The third-order valence-corrected chi connectivity index (χ3v) is 3.41. The number of halogens is 2. The molecule has 0 atom stereocenters. The number of benzene rings is 3. The van der Waals surface area contributed by atoms with E-state index in [1.807, 2.05) is 24.3 Å². The molecule has 0 heterocycles. The van der Waals surface area contributed by atoms with Crippen LogP contribution in [0.5, 0.6) is 11.5 Å². The Morgan fingerprint density at radius 2 is 1.67 bits per heavy atom. The summed E-state index contributed by atoms with van der Waals surface area (Å²) in [5, 5.41) is 10.9. The average molecular weight is 298 g/mol. The van der Waals surface area contributed by atoms with E-state index in [2.05, 4.69) is 6.07 Å². The van der Waals surface area contributed by atoms with Gasteiger partial charge in [0.2, 0.25) is 0 Å². The molecule has 2 nitrogen and oxygen atoms in total. The first-order valence-corrected chi connectivity index (χ1v) is 6.61. The summed E-state index contributed by atoms with van der Waals surface area (Å²) in [5.41, 5.74) is 0.572. The molecule has 3 aromatic carbocycles. The van der Waals surface area contributed by atoms with Crippen molar-refractivity contribution in [3.8, 4) is 17.6 Å². The predicted octanol–water partition coefficient (Wildman–Crippen LogP) is 5.30. The molecule has 3 aromatic rings. The number of ether oxygens (including phenoxy) is 1. The molecule has 0 N–H and O–H groups in total. The fourth-order valence-electron chi connectivity index (χ4n) is 2.13. The lowest BCUT2D eigenvalue weighted by atomic mass is 10.0. The lowest BCUT2D eigenvalue weighted by Crippen LogP contribution is -1.89. The average Bonchev–Trinajstić information content (AvgIpc) is 2.50. The highest BCUT2D eigenvalue weighted by molar-refractivity contribution is 6.32. The normalized spacial score (nSPS) is 10.3. The number of nitriles is 1. The van der Waals surface area contributed by atoms with Gasteiger partial charge in [-0.2, -0.15) is 5.26 Å². The SMILES string of the molecule is N#Cc1ccc(Oc2ccc(F)cc2Cl)c2ccccc12. The van der Waals surface area contributed by atoms with Gasteiger partial charge in [0.25, 0.3) is 0 Å². The molecule has 4 heteroatoms. The molecule has 0 radical (unpaired) electrons. The van der Waals surface area contributed by atoms with Crippen molar-refractivity contribution in [2.45, 2.75) is 0 Å². The summed E-state index contributed by atoms with van der Waals surface area (Å²) in [5.74, 6) is 0.517. The van der Waals surface area contributed by atoms with Crippen molar-refractivity contribution < 1.29 is 9.13 Å². The molecule has 0 aromatic heterocycles. The first-order chi connectivity index (χ1) is 10.2. The second-order valence-corrected chi connectivity index (χ2v) is 4.85. The summed E-state index contributed by atoms with van der Waals surface area (Å²) in [7, 11) is 0. The second kappa shape index (κ2) is 5.43. The molecule has 0 saturated heterocycles. The van der Waals surface area contributed by atoms with Crippen molar-refractivity contribution in [1.82, 2.24) is 0 Å². The van der Waals surface area contributed by atoms with Crippen LogP contribution in [0.1, 0.15) is 5.56 Å². The largest absolute Gasteiger partial charge is 0.455 e. The van der Waals surface area contributed by atoms with Crippen molar-refractivity contribution in [2.75, 3.05) is 0 Å². The molecule has 0 unspecified atom stereocenters. The molecular formula is C17H9ClFNO. The van der Waals surface area contributed by atoms with E-state index < -0.39 is 5.82 Å². The Bertz CT molecular complexity index is 870. The predicted molar refractivity (Wildman–Crippen MR) is 80.1 cm³/mol. The van der Waals surface area contributed by atoms with E-state index in [0.717, 1.165) is 10.8 Å². The van der Waals surface area contributed by atoms with Crippen molar-refractivity contribution >= 4 is 22.4 Å². The van der Waals surface area contributed by atoms with Gasteiger partial charge in [0.05, 0.1) is 16.7 Å². The van der Waals surface area contributed by atoms with Gasteiger partial charge in [-0.3, -0.25) is 0 Å². The molecule has 0 saturated carbocycles. The molecule has 102 valence electrons. The van der Waals surface area contributed by atoms with Gasteiger partial charge in [-0.15, -0.1) is 0 Å². The smallest absolute Gasteiger partial charge is 0.146 e. The standard InChI is InChI=1S/C17H9ClFNO/c18-15-9-12(19)6-8-17(15)21-16-7-5-11(10-20)13-3-1-2-4-14(13)16/h1-9H. The number of fused-ring (bicyclic) bond motifs is 1. The second-order valence-electron chi connectivity index (χ2n) is 4.45. The van der Waals surface area contributed by atoms with E-state index in [1.165, 1.54) is 18.2 Å². The zero-order valence-electron chi connectivity index (χ0n) is 10.8. The summed E-state index contributed by atoms with van der Waals surface area (Å²) in [6, 6.07) is 16.9. The van der Waals surface area contributed by atoms with E-state index in [-0.39, 0.29) is 5.02 Å². The van der Waals surface area contributed by atoms with E-state index >= 15 is 0 Å². The Hall–Kier alpha value is -2.57. The summed E-state index contributed by atoms with van der Waals surface area (Å²) in [6.07, 6.45) is 0. The van der Waals surface area contributed by atoms with Crippen LogP contribution in [0.3, 0.4) is 0 Å². The molecule has 21 heavy (non-hydrogen) atoms. The Morgan fingerprint density at radius 1 is 0.952 bits per heavy atom. The fourth-order valence-corrected chi connectivity index (χ4v) is 2.34. The van der Waals surface area contributed by atoms with Crippen molar-refractivity contribution in [3.63, 3.8) is 0 Å². The van der Waals surface area contributed by atoms with Crippen LogP contribution in [0.2, 0.25) is 5.02 Å². The Balaban J connectivity index is 2.12. The van der Waals surface area contributed by atoms with Crippen molar-refractivity contribution in [3.05, 3.63) is 71.0 Å². The quantitative estimate of drug-likeness (QED) is 0.643. The van der Waals surface area contributed by atoms with Crippen molar-refractivity contribution in [1.29, 1.82) is 5.26 Å². The van der Waals surface area contributed by atoms with Crippen LogP contribution in [0.25, 0.3) is 10.8 Å². The van der Waals surface area contributed by atoms with Crippen molar-refractivity contribution in [2.24, 2.45) is 0 Å². The first-order valence-electron chi connectivity index (χ1n) is 6.24. The molecule has 0 spiro atoms. The minimum absolute atomic E-state index is 0.198. The van der Waals surface area contributed by atoms with Crippen LogP contribution in [-0.4, -0.2) is 0 Å². The third-order valence-electron chi connectivity index (χ3n) is 3.12. The van der Waals surface area contributed by atoms with E-state index in [0.29, 0.717) is 17.1 Å². The molecule has 0 amide bonds. The highest BCUT2D eigenvalue weighted by Crippen LogP contribution is 2.35. The maximum Gasteiger partial charge on any atom is 0.146 e. The van der Waals surface area contributed by atoms with Gasteiger partial charge in [0.15, 0.2) is 0 Å². The Kier molecular flexibility index (Phi) is 3.47. The molecular weight excluding hydrogens is 289 g/mol. The van der Waals surface area contributed by atoms with Gasteiger partial charge in [0, 0.05) is 10.8 Å². The molecule has 0 aliphatic rings. The van der Waals surface area contributed by atoms with Gasteiger partial charge in [-0.25, -0.2) is 4.39 Å². The Labute approximate surface area is 126 Å². The molecule has 0 aliphatic heterocycles. The van der Waals surface area contributed by atoms with Crippen LogP contribution in [0, 0.1) is 17.1 Å². The minimum atomic E-state index is -0.419. The van der Waals surface area contributed by atoms with Crippen LogP contribution in [0.4, 0.5) is 4.39 Å². The van der Waals surface area contributed by atoms with E-state index in [4.69, 9.17) is 21.6 Å². The lowest BCUT2D eigenvalue weighted by Gasteiger charge is -2.11. The van der Waals surface area contributed by atoms with E-state index in [1.54, 1.807) is 12.1 Å². The van der Waals surface area contributed by atoms with Crippen LogP contribution in [-0.2, 0) is 0 Å². The maximum absolute atomic E-state index is 13.1. The Morgan fingerprint density at radius 3 is 2.38 bits per heavy atom. The number of nitrogens with zero attached hydrogens (tertiary/aromatic N) is 1.